The Hall–Kier alpha value is -2.11. The van der Waals surface area contributed by atoms with Gasteiger partial charge in [0, 0.05) is 24.1 Å². The van der Waals surface area contributed by atoms with E-state index < -0.39 is 12.0 Å². The van der Waals surface area contributed by atoms with E-state index in [-0.39, 0.29) is 11.3 Å². The molecular weight excluding hydrogens is 344 g/mol. The van der Waals surface area contributed by atoms with E-state index in [0.29, 0.717) is 30.1 Å². The van der Waals surface area contributed by atoms with Gasteiger partial charge in [0.25, 0.3) is 0 Å². The predicted molar refractivity (Wildman–Crippen MR) is 99.0 cm³/mol. The predicted octanol–water partition coefficient (Wildman–Crippen LogP) is 2.51. The van der Waals surface area contributed by atoms with Gasteiger partial charge in [-0.05, 0) is 61.8 Å². The third-order valence-electron chi connectivity index (χ3n) is 6.76. The third kappa shape index (κ3) is 3.54. The van der Waals surface area contributed by atoms with E-state index in [9.17, 15) is 9.59 Å². The highest BCUT2D eigenvalue weighted by Crippen LogP contribution is 2.60. The topological polar surface area (TPSA) is 77.5 Å². The second-order valence-corrected chi connectivity index (χ2v) is 8.66. The van der Waals surface area contributed by atoms with Crippen LogP contribution in [0.5, 0.6) is 5.88 Å². The molecule has 1 amide bonds. The van der Waals surface area contributed by atoms with Crippen molar-refractivity contribution in [1.82, 2.24) is 10.3 Å². The van der Waals surface area contributed by atoms with Crippen LogP contribution in [0.2, 0.25) is 0 Å². The van der Waals surface area contributed by atoms with Crippen LogP contribution in [0.4, 0.5) is 0 Å². The molecule has 0 unspecified atom stereocenters. The molecule has 0 aromatic carbocycles. The maximum atomic E-state index is 13.3. The van der Waals surface area contributed by atoms with Gasteiger partial charge in [-0.1, -0.05) is 6.07 Å². The average molecular weight is 372 g/mol. The number of nitrogens with zero attached hydrogens (tertiary/aromatic N) is 1. The molecule has 1 aromatic rings. The number of ether oxygens (including phenoxy) is 2. The molecule has 27 heavy (non-hydrogen) atoms. The summed E-state index contributed by atoms with van der Waals surface area (Å²) < 4.78 is 10.0. The molecule has 0 saturated heterocycles. The van der Waals surface area contributed by atoms with Crippen LogP contribution in [0.3, 0.4) is 0 Å². The molecule has 0 aliphatic heterocycles. The number of nitrogens with one attached hydrogen (secondary N) is 1. The second-order valence-electron chi connectivity index (χ2n) is 8.66. The molecule has 4 fully saturated rings. The molecule has 4 saturated carbocycles. The van der Waals surface area contributed by atoms with Gasteiger partial charge in [-0.15, -0.1) is 0 Å². The Bertz CT molecular complexity index is 680. The summed E-state index contributed by atoms with van der Waals surface area (Å²) in [6.45, 7) is 0. The van der Waals surface area contributed by atoms with Crippen LogP contribution in [-0.2, 0) is 20.7 Å². The van der Waals surface area contributed by atoms with Gasteiger partial charge >= 0.3 is 5.97 Å². The van der Waals surface area contributed by atoms with Gasteiger partial charge in [-0.3, -0.25) is 4.79 Å². The van der Waals surface area contributed by atoms with Gasteiger partial charge in [-0.2, -0.15) is 0 Å². The van der Waals surface area contributed by atoms with Crippen LogP contribution in [0.15, 0.2) is 18.3 Å². The van der Waals surface area contributed by atoms with E-state index in [1.165, 1.54) is 26.4 Å². The molecule has 1 aromatic heterocycles. The van der Waals surface area contributed by atoms with Gasteiger partial charge in [0.1, 0.15) is 6.04 Å². The van der Waals surface area contributed by atoms with Crippen molar-refractivity contribution in [2.24, 2.45) is 23.2 Å². The molecule has 146 valence electrons. The van der Waals surface area contributed by atoms with Crippen LogP contribution in [0.25, 0.3) is 0 Å². The fourth-order valence-electron chi connectivity index (χ4n) is 5.92. The van der Waals surface area contributed by atoms with Crippen molar-refractivity contribution in [2.75, 3.05) is 14.2 Å². The fourth-order valence-corrected chi connectivity index (χ4v) is 5.92. The summed E-state index contributed by atoms with van der Waals surface area (Å²) in [6.07, 6.45) is 8.81. The summed E-state index contributed by atoms with van der Waals surface area (Å²) in [5.74, 6) is 2.20. The van der Waals surface area contributed by atoms with Crippen LogP contribution in [0, 0.1) is 23.2 Å². The van der Waals surface area contributed by atoms with E-state index in [4.69, 9.17) is 9.47 Å². The summed E-state index contributed by atoms with van der Waals surface area (Å²) >= 11 is 0. The Morgan fingerprint density at radius 1 is 1.15 bits per heavy atom. The molecule has 0 radical (unpaired) electrons. The quantitative estimate of drug-likeness (QED) is 0.777. The lowest BCUT2D eigenvalue weighted by Gasteiger charge is -2.55. The number of pyridine rings is 1. The minimum Gasteiger partial charge on any atom is -0.481 e. The first-order valence-electron chi connectivity index (χ1n) is 9.89. The maximum absolute atomic E-state index is 13.3. The zero-order chi connectivity index (χ0) is 19.0. The van der Waals surface area contributed by atoms with Crippen molar-refractivity contribution >= 4 is 11.9 Å². The van der Waals surface area contributed by atoms with Crippen molar-refractivity contribution in [2.45, 2.75) is 51.0 Å². The average Bonchev–Trinajstić information content (AvgIpc) is 2.66. The zero-order valence-corrected chi connectivity index (χ0v) is 16.1. The molecule has 1 heterocycles. The molecule has 4 aliphatic rings. The molecule has 5 rings (SSSR count). The summed E-state index contributed by atoms with van der Waals surface area (Å²) in [7, 11) is 2.92. The molecule has 1 N–H and O–H groups in total. The standard InChI is InChI=1S/C21H28N2O4/c1-26-18-4-3-13(12-22-18)8-17(19(24)27-2)23-20(25)21-9-14-5-15(10-21)7-16(6-14)11-21/h3-4,12,14-17H,5-11H2,1-2H3,(H,23,25)/t14?,15?,16?,17-,21?/m0/s1. The maximum Gasteiger partial charge on any atom is 0.328 e. The zero-order valence-electron chi connectivity index (χ0n) is 16.1. The van der Waals surface area contributed by atoms with E-state index in [0.717, 1.165) is 24.8 Å². The number of rotatable bonds is 6. The van der Waals surface area contributed by atoms with Crippen LogP contribution < -0.4 is 10.1 Å². The first-order chi connectivity index (χ1) is 13.0. The number of carbonyl (C=O) groups excluding carboxylic acids is 2. The van der Waals surface area contributed by atoms with Crippen LogP contribution >= 0.6 is 0 Å². The van der Waals surface area contributed by atoms with Crippen molar-refractivity contribution in [3.8, 4) is 5.88 Å². The number of carbonyl (C=O) groups is 2. The lowest BCUT2D eigenvalue weighted by Crippen LogP contribution is -2.56. The molecule has 4 bridgehead atoms. The highest BCUT2D eigenvalue weighted by atomic mass is 16.5. The molecule has 6 nitrogen and oxygen atoms in total. The summed E-state index contributed by atoms with van der Waals surface area (Å²) in [6, 6.07) is 2.93. The minimum atomic E-state index is -0.689. The van der Waals surface area contributed by atoms with Crippen molar-refractivity contribution in [3.05, 3.63) is 23.9 Å². The van der Waals surface area contributed by atoms with Crippen molar-refractivity contribution < 1.29 is 19.1 Å². The van der Waals surface area contributed by atoms with Gasteiger partial charge in [0.15, 0.2) is 0 Å². The Morgan fingerprint density at radius 2 is 1.78 bits per heavy atom. The van der Waals surface area contributed by atoms with E-state index >= 15 is 0 Å². The number of hydrogen-bond acceptors (Lipinski definition) is 5. The number of methoxy groups -OCH3 is 2. The monoisotopic (exact) mass is 372 g/mol. The summed E-state index contributed by atoms with van der Waals surface area (Å²) in [5.41, 5.74) is 0.580. The van der Waals surface area contributed by atoms with Gasteiger partial charge in [0.05, 0.1) is 14.2 Å². The molecule has 4 aliphatic carbocycles. The Labute approximate surface area is 160 Å². The minimum absolute atomic E-state index is 0.0403. The molecule has 1 atom stereocenters. The van der Waals surface area contributed by atoms with Crippen molar-refractivity contribution in [3.63, 3.8) is 0 Å². The first-order valence-corrected chi connectivity index (χ1v) is 9.89. The molecule has 6 heteroatoms. The number of esters is 1. The van der Waals surface area contributed by atoms with Gasteiger partial charge in [0.2, 0.25) is 11.8 Å². The highest BCUT2D eigenvalue weighted by Gasteiger charge is 2.55. The Kier molecular flexibility index (Phi) is 4.82. The van der Waals surface area contributed by atoms with Crippen LogP contribution in [0.1, 0.15) is 44.1 Å². The van der Waals surface area contributed by atoms with Gasteiger partial charge < -0.3 is 14.8 Å². The SMILES string of the molecule is COC(=O)[C@H](Cc1ccc(OC)nc1)NC(=O)C12CC3CC(CC(C3)C1)C2. The largest absolute Gasteiger partial charge is 0.481 e. The van der Waals surface area contributed by atoms with E-state index in [1.54, 1.807) is 19.4 Å². The number of aromatic nitrogens is 1. The normalized spacial score (nSPS) is 32.0. The summed E-state index contributed by atoms with van der Waals surface area (Å²) in [5, 5.41) is 3.03. The molecule has 0 spiro atoms. The van der Waals surface area contributed by atoms with E-state index in [1.807, 2.05) is 6.07 Å². The third-order valence-corrected chi connectivity index (χ3v) is 6.76. The number of amides is 1. The number of hydrogen-bond donors (Lipinski definition) is 1. The molecular formula is C21H28N2O4. The Balaban J connectivity index is 1.48. The smallest absolute Gasteiger partial charge is 0.328 e. The van der Waals surface area contributed by atoms with E-state index in [2.05, 4.69) is 10.3 Å². The van der Waals surface area contributed by atoms with Crippen LogP contribution in [-0.4, -0.2) is 37.1 Å². The lowest BCUT2D eigenvalue weighted by atomic mass is 9.49. The summed E-state index contributed by atoms with van der Waals surface area (Å²) in [4.78, 5) is 29.8. The van der Waals surface area contributed by atoms with Gasteiger partial charge in [-0.25, -0.2) is 9.78 Å². The van der Waals surface area contributed by atoms with Crippen molar-refractivity contribution in [1.29, 1.82) is 0 Å². The Morgan fingerprint density at radius 3 is 2.26 bits per heavy atom. The lowest BCUT2D eigenvalue weighted by molar-refractivity contribution is -0.152. The highest BCUT2D eigenvalue weighted by molar-refractivity contribution is 5.88. The second kappa shape index (κ2) is 7.13. The fraction of sp³-hybridized carbons (Fsp3) is 0.667. The first kappa shape index (κ1) is 18.3.